The van der Waals surface area contributed by atoms with Crippen molar-refractivity contribution >= 4 is 22.5 Å². The van der Waals surface area contributed by atoms with E-state index in [9.17, 15) is 9.59 Å². The minimum absolute atomic E-state index is 0.114. The largest absolute Gasteiger partial charge is 0.379 e. The van der Waals surface area contributed by atoms with E-state index in [4.69, 9.17) is 16.3 Å². The molecule has 0 saturated carbocycles. The number of benzene rings is 1. The van der Waals surface area contributed by atoms with Crippen molar-refractivity contribution in [2.75, 3.05) is 32.8 Å². The van der Waals surface area contributed by atoms with Crippen molar-refractivity contribution in [3.8, 4) is 11.3 Å². The van der Waals surface area contributed by atoms with Gasteiger partial charge in [0.15, 0.2) is 0 Å². The van der Waals surface area contributed by atoms with E-state index in [1.54, 1.807) is 21.4 Å². The van der Waals surface area contributed by atoms with Gasteiger partial charge < -0.3 is 9.30 Å². The molecule has 1 aliphatic heterocycles. The molecule has 1 aromatic carbocycles. The normalized spacial score (nSPS) is 16.8. The minimum Gasteiger partial charge on any atom is -0.379 e. The molecule has 0 atom stereocenters. The second kappa shape index (κ2) is 10.2. The van der Waals surface area contributed by atoms with Gasteiger partial charge in [-0.25, -0.2) is 0 Å². The van der Waals surface area contributed by atoms with E-state index in [-0.39, 0.29) is 11.1 Å². The summed E-state index contributed by atoms with van der Waals surface area (Å²) in [5, 5.41) is 4.28. The maximum absolute atomic E-state index is 13.6. The van der Waals surface area contributed by atoms with Crippen LogP contribution in [0.1, 0.15) is 19.3 Å². The number of morpholine rings is 1. The summed E-state index contributed by atoms with van der Waals surface area (Å²) in [6.45, 7) is 4.82. The van der Waals surface area contributed by atoms with Crippen molar-refractivity contribution in [3.63, 3.8) is 0 Å². The smallest absolute Gasteiger partial charge is 0.276 e. The number of hydrogen-bond acceptors (Lipinski definition) is 4. The zero-order chi connectivity index (χ0) is 23.5. The number of ether oxygens (including phenoxy) is 1. The number of aryl methyl sites for hydroxylation is 1. The first kappa shape index (κ1) is 22.9. The van der Waals surface area contributed by atoms with Gasteiger partial charge in [0, 0.05) is 49.4 Å². The van der Waals surface area contributed by atoms with Crippen LogP contribution in [0.3, 0.4) is 0 Å². The average Bonchev–Trinajstić information content (AvgIpc) is 3.17. The molecule has 2 aromatic heterocycles. The summed E-state index contributed by atoms with van der Waals surface area (Å²) < 4.78 is 8.79. The van der Waals surface area contributed by atoms with Gasteiger partial charge in [0.2, 0.25) is 0 Å². The van der Waals surface area contributed by atoms with Crippen LogP contribution in [-0.2, 0) is 17.8 Å². The third kappa shape index (κ3) is 4.82. The van der Waals surface area contributed by atoms with Crippen molar-refractivity contribution in [1.29, 1.82) is 0 Å². The van der Waals surface area contributed by atoms with Gasteiger partial charge in [-0.3, -0.25) is 24.3 Å². The molecule has 34 heavy (non-hydrogen) atoms. The third-order valence-corrected chi connectivity index (χ3v) is 6.86. The number of H-pyrrole nitrogens is 1. The molecule has 3 heterocycles. The molecule has 0 radical (unpaired) electrons. The number of allylic oxidation sites excluding steroid dienone is 4. The quantitative estimate of drug-likeness (QED) is 0.558. The van der Waals surface area contributed by atoms with Crippen LogP contribution in [0.5, 0.6) is 0 Å². The van der Waals surface area contributed by atoms with Gasteiger partial charge in [0.1, 0.15) is 0 Å². The molecule has 0 spiro atoms. The van der Waals surface area contributed by atoms with Crippen LogP contribution >= 0.6 is 11.6 Å². The summed E-state index contributed by atoms with van der Waals surface area (Å²) in [5.74, 6) is 0. The fourth-order valence-electron chi connectivity index (χ4n) is 4.78. The monoisotopic (exact) mass is 480 g/mol. The highest BCUT2D eigenvalue weighted by atomic mass is 35.5. The predicted octanol–water partition coefficient (Wildman–Crippen LogP) is 3.81. The van der Waals surface area contributed by atoms with Crippen LogP contribution in [0.15, 0.2) is 63.7 Å². The summed E-state index contributed by atoms with van der Waals surface area (Å²) in [7, 11) is 0. The van der Waals surface area contributed by atoms with Crippen LogP contribution in [0, 0.1) is 0 Å². The molecule has 178 valence electrons. The first-order valence-electron chi connectivity index (χ1n) is 11.9. The zero-order valence-corrected chi connectivity index (χ0v) is 19.9. The molecule has 3 aromatic rings. The highest BCUT2D eigenvalue weighted by molar-refractivity contribution is 6.30. The zero-order valence-electron chi connectivity index (χ0n) is 19.1. The molecular formula is C26H29ClN4O3. The van der Waals surface area contributed by atoms with Gasteiger partial charge in [-0.2, -0.15) is 0 Å². The van der Waals surface area contributed by atoms with Crippen molar-refractivity contribution in [1.82, 2.24) is 19.2 Å². The summed E-state index contributed by atoms with van der Waals surface area (Å²) in [6, 6.07) is 8.91. The second-order valence-electron chi connectivity index (χ2n) is 8.85. The Hall–Kier alpha value is -2.87. The van der Waals surface area contributed by atoms with Crippen LogP contribution < -0.4 is 11.1 Å². The highest BCUT2D eigenvalue weighted by Crippen LogP contribution is 2.27. The van der Waals surface area contributed by atoms with E-state index in [1.165, 1.54) is 5.57 Å². The maximum Gasteiger partial charge on any atom is 0.276 e. The molecule has 1 fully saturated rings. The average molecular weight is 481 g/mol. The van der Waals surface area contributed by atoms with Gasteiger partial charge in [-0.1, -0.05) is 47.5 Å². The number of rotatable bonds is 7. The lowest BCUT2D eigenvalue weighted by molar-refractivity contribution is 0.0363. The molecule has 1 N–H and O–H groups in total. The number of nitrogens with one attached hydrogen (secondary N) is 1. The maximum atomic E-state index is 13.6. The number of halogens is 1. The van der Waals surface area contributed by atoms with E-state index in [0.29, 0.717) is 54.5 Å². The highest BCUT2D eigenvalue weighted by Gasteiger charge is 2.20. The minimum atomic E-state index is -0.135. The Morgan fingerprint density at radius 3 is 2.68 bits per heavy atom. The van der Waals surface area contributed by atoms with Crippen LogP contribution in [0.4, 0.5) is 0 Å². The topological polar surface area (TPSA) is 72.3 Å². The molecule has 8 heteroatoms. The van der Waals surface area contributed by atoms with Crippen molar-refractivity contribution in [2.24, 2.45) is 0 Å². The predicted molar refractivity (Wildman–Crippen MR) is 136 cm³/mol. The SMILES string of the molecule is O=c1c2c(-c3cccc(Cl)c3)n(CCN3CCOCC3)c(=O)cc2[nH]n1CCC1=CC=CCC1. The number of hydrogen-bond donors (Lipinski definition) is 1. The molecule has 0 amide bonds. The molecule has 1 aliphatic carbocycles. The van der Waals surface area contributed by atoms with Gasteiger partial charge >= 0.3 is 0 Å². The van der Waals surface area contributed by atoms with Crippen molar-refractivity contribution in [2.45, 2.75) is 32.4 Å². The number of fused-ring (bicyclic) bond motifs is 1. The van der Waals surface area contributed by atoms with Crippen LogP contribution in [0.25, 0.3) is 22.2 Å². The summed E-state index contributed by atoms with van der Waals surface area (Å²) in [6.07, 6.45) is 9.21. The third-order valence-electron chi connectivity index (χ3n) is 6.62. The molecule has 2 aliphatic rings. The summed E-state index contributed by atoms with van der Waals surface area (Å²) in [4.78, 5) is 29.1. The molecule has 1 saturated heterocycles. The Kier molecular flexibility index (Phi) is 6.85. The van der Waals surface area contributed by atoms with Gasteiger partial charge in [0.25, 0.3) is 11.1 Å². The number of nitrogens with zero attached hydrogens (tertiary/aromatic N) is 3. The lowest BCUT2D eigenvalue weighted by Gasteiger charge is -2.27. The van der Waals surface area contributed by atoms with E-state index in [1.807, 2.05) is 18.2 Å². The standard InChI is InChI=1S/C26H29ClN4O3/c27-21-8-4-7-20(17-21)25-24-22(18-23(32)30(25)12-11-29-13-15-34-16-14-29)28-31(26(24)33)10-9-19-5-2-1-3-6-19/h1-2,4-5,7-8,17-18,28H,3,6,9-16H2. The van der Waals surface area contributed by atoms with E-state index >= 15 is 0 Å². The lowest BCUT2D eigenvalue weighted by atomic mass is 10.0. The van der Waals surface area contributed by atoms with Crippen molar-refractivity contribution in [3.05, 3.63) is 79.9 Å². The molecule has 0 bridgehead atoms. The number of aromatic nitrogens is 3. The van der Waals surface area contributed by atoms with E-state index in [2.05, 4.69) is 28.2 Å². The van der Waals surface area contributed by atoms with E-state index < -0.39 is 0 Å². The summed E-state index contributed by atoms with van der Waals surface area (Å²) >= 11 is 6.31. The fraction of sp³-hybridized carbons (Fsp3) is 0.385. The molecule has 7 nitrogen and oxygen atoms in total. The first-order chi connectivity index (χ1) is 16.6. The van der Waals surface area contributed by atoms with Crippen LogP contribution in [-0.4, -0.2) is 52.1 Å². The van der Waals surface area contributed by atoms with E-state index in [0.717, 1.165) is 37.9 Å². The Balaban J connectivity index is 1.56. The lowest BCUT2D eigenvalue weighted by Crippen LogP contribution is -2.39. The molecular weight excluding hydrogens is 452 g/mol. The Morgan fingerprint density at radius 1 is 1.06 bits per heavy atom. The number of pyridine rings is 1. The molecule has 0 unspecified atom stereocenters. The fourth-order valence-corrected chi connectivity index (χ4v) is 4.97. The second-order valence-corrected chi connectivity index (χ2v) is 9.28. The summed E-state index contributed by atoms with van der Waals surface area (Å²) in [5.41, 5.74) is 3.03. The van der Waals surface area contributed by atoms with Gasteiger partial charge in [-0.15, -0.1) is 0 Å². The Bertz CT molecular complexity index is 1360. The Labute approximate surface area is 202 Å². The number of aromatic amines is 1. The van der Waals surface area contributed by atoms with Gasteiger partial charge in [-0.05, 0) is 31.4 Å². The Morgan fingerprint density at radius 2 is 1.91 bits per heavy atom. The van der Waals surface area contributed by atoms with Crippen LogP contribution in [0.2, 0.25) is 5.02 Å². The molecule has 5 rings (SSSR count). The van der Waals surface area contributed by atoms with Crippen molar-refractivity contribution < 1.29 is 4.74 Å². The van der Waals surface area contributed by atoms with Gasteiger partial charge in [0.05, 0.1) is 29.8 Å². The first-order valence-corrected chi connectivity index (χ1v) is 12.2.